The molecule has 0 spiro atoms. The molecule has 0 N–H and O–H groups in total. The van der Waals surface area contributed by atoms with Crippen molar-refractivity contribution in [3.05, 3.63) is 108 Å². The molecule has 1 aliphatic heterocycles. The number of ether oxygens (including phenoxy) is 2. The summed E-state index contributed by atoms with van der Waals surface area (Å²) in [5.74, 6) is -1.89. The van der Waals surface area contributed by atoms with E-state index in [9.17, 15) is 9.59 Å². The van der Waals surface area contributed by atoms with E-state index in [1.807, 2.05) is 97.9 Å². The zero-order chi connectivity index (χ0) is 24.1. The third kappa shape index (κ3) is 4.11. The molecule has 1 aliphatic rings. The van der Waals surface area contributed by atoms with E-state index in [0.717, 1.165) is 16.7 Å². The molecule has 0 radical (unpaired) electrons. The second kappa shape index (κ2) is 10.2. The molecule has 1 saturated heterocycles. The maximum absolute atomic E-state index is 13.7. The summed E-state index contributed by atoms with van der Waals surface area (Å²) in [6, 6.07) is 28.1. The van der Waals surface area contributed by atoms with Gasteiger partial charge < -0.3 is 9.47 Å². The monoisotopic (exact) mass is 459 g/mol. The fourth-order valence-corrected chi connectivity index (χ4v) is 4.98. The minimum atomic E-state index is -1.67. The number of carbonyl (C=O) groups is 2. The van der Waals surface area contributed by atoms with E-state index in [0.29, 0.717) is 6.54 Å². The number of carbonyl (C=O) groups excluding carboxylic acids is 2. The summed E-state index contributed by atoms with van der Waals surface area (Å²) >= 11 is 0. The molecule has 0 saturated carbocycles. The Bertz CT molecular complexity index is 1090. The molecule has 34 heavy (non-hydrogen) atoms. The van der Waals surface area contributed by atoms with Gasteiger partial charge in [-0.1, -0.05) is 97.9 Å². The molecule has 0 amide bonds. The second-order valence-corrected chi connectivity index (χ2v) is 8.45. The second-order valence-electron chi connectivity index (χ2n) is 8.45. The number of methoxy groups -OCH3 is 2. The van der Waals surface area contributed by atoms with Crippen LogP contribution in [0.2, 0.25) is 0 Å². The Morgan fingerprint density at radius 3 is 1.76 bits per heavy atom. The molecule has 6 heteroatoms. The maximum Gasteiger partial charge on any atom is 0.325 e. The van der Waals surface area contributed by atoms with Crippen LogP contribution in [0.15, 0.2) is 91.0 Å². The highest BCUT2D eigenvalue weighted by atomic mass is 16.7. The summed E-state index contributed by atoms with van der Waals surface area (Å²) in [6.07, 6.45) is -0.580. The highest BCUT2D eigenvalue weighted by Gasteiger charge is 2.66. The Labute approximate surface area is 200 Å². The molecule has 0 bridgehead atoms. The highest BCUT2D eigenvalue weighted by Crippen LogP contribution is 2.56. The SMILES string of the molecule is COC(=O)C1(C(=O)OC)[C@H](c2ccccc2)N(Cc2ccccc2)O[C@@H](c2ccccc2)[C@@H]1C. The van der Waals surface area contributed by atoms with Gasteiger partial charge in [0.1, 0.15) is 6.10 Å². The van der Waals surface area contributed by atoms with Gasteiger partial charge in [-0.15, -0.1) is 0 Å². The van der Waals surface area contributed by atoms with Gasteiger partial charge in [0.15, 0.2) is 5.41 Å². The van der Waals surface area contributed by atoms with Gasteiger partial charge in [-0.3, -0.25) is 14.4 Å². The molecule has 0 unspecified atom stereocenters. The molecule has 0 aliphatic carbocycles. The third-order valence-electron chi connectivity index (χ3n) is 6.61. The standard InChI is InChI=1S/C28H29NO5/c1-20-24(22-15-9-5-10-16-22)34-29(19-21-13-7-4-8-14-21)25(23-17-11-6-12-18-23)28(20,26(30)32-2)27(31)33-3/h4-18,20,24-25H,19H2,1-3H3/t20-,24+,25-/m0/s1. The zero-order valence-corrected chi connectivity index (χ0v) is 19.6. The predicted molar refractivity (Wildman–Crippen MR) is 127 cm³/mol. The molecule has 0 aromatic heterocycles. The van der Waals surface area contributed by atoms with E-state index >= 15 is 0 Å². The van der Waals surface area contributed by atoms with Crippen LogP contribution in [-0.2, 0) is 30.4 Å². The van der Waals surface area contributed by atoms with Crippen LogP contribution in [0.3, 0.4) is 0 Å². The molecular formula is C28H29NO5. The molecule has 4 rings (SSSR count). The van der Waals surface area contributed by atoms with Crippen LogP contribution in [0.4, 0.5) is 0 Å². The van der Waals surface area contributed by atoms with Crippen molar-refractivity contribution in [2.45, 2.75) is 25.6 Å². The summed E-state index contributed by atoms with van der Waals surface area (Å²) in [6.45, 7) is 2.20. The van der Waals surface area contributed by atoms with Gasteiger partial charge in [0.05, 0.1) is 20.3 Å². The zero-order valence-electron chi connectivity index (χ0n) is 19.6. The summed E-state index contributed by atoms with van der Waals surface area (Å²) in [5, 5.41) is 1.73. The number of esters is 2. The van der Waals surface area contributed by atoms with E-state index in [4.69, 9.17) is 14.3 Å². The number of nitrogens with zero attached hydrogens (tertiary/aromatic N) is 1. The quantitative estimate of drug-likeness (QED) is 0.387. The van der Waals surface area contributed by atoms with Crippen molar-refractivity contribution in [1.82, 2.24) is 5.06 Å². The van der Waals surface area contributed by atoms with Crippen LogP contribution in [0.25, 0.3) is 0 Å². The third-order valence-corrected chi connectivity index (χ3v) is 6.61. The Morgan fingerprint density at radius 2 is 1.26 bits per heavy atom. The molecule has 1 fully saturated rings. The van der Waals surface area contributed by atoms with Crippen LogP contribution in [0, 0.1) is 11.3 Å². The predicted octanol–water partition coefficient (Wildman–Crippen LogP) is 4.88. The highest BCUT2D eigenvalue weighted by molar-refractivity contribution is 6.01. The smallest absolute Gasteiger partial charge is 0.325 e. The van der Waals surface area contributed by atoms with E-state index in [1.54, 1.807) is 5.06 Å². The Morgan fingerprint density at radius 1 is 0.794 bits per heavy atom. The largest absolute Gasteiger partial charge is 0.468 e. The van der Waals surface area contributed by atoms with Crippen molar-refractivity contribution in [3.8, 4) is 0 Å². The van der Waals surface area contributed by atoms with Gasteiger partial charge in [0.2, 0.25) is 0 Å². The summed E-state index contributed by atoms with van der Waals surface area (Å²) in [5.41, 5.74) is 0.927. The van der Waals surface area contributed by atoms with E-state index < -0.39 is 35.4 Å². The lowest BCUT2D eigenvalue weighted by atomic mass is 9.64. The van der Waals surface area contributed by atoms with Gasteiger partial charge >= 0.3 is 11.9 Å². The maximum atomic E-state index is 13.7. The van der Waals surface area contributed by atoms with Gasteiger partial charge in [-0.2, -0.15) is 5.06 Å². The number of hydrogen-bond acceptors (Lipinski definition) is 6. The summed E-state index contributed by atoms with van der Waals surface area (Å²) in [7, 11) is 2.60. The molecule has 6 nitrogen and oxygen atoms in total. The lowest BCUT2D eigenvalue weighted by molar-refractivity contribution is -0.313. The number of hydroxylamine groups is 2. The summed E-state index contributed by atoms with van der Waals surface area (Å²) in [4.78, 5) is 33.9. The van der Waals surface area contributed by atoms with Gasteiger partial charge in [0.25, 0.3) is 0 Å². The molecule has 3 aromatic rings. The Kier molecular flexibility index (Phi) is 7.10. The molecule has 3 aromatic carbocycles. The van der Waals surface area contributed by atoms with Gasteiger partial charge in [0, 0.05) is 12.5 Å². The number of rotatable bonds is 6. The van der Waals surface area contributed by atoms with Gasteiger partial charge in [-0.25, -0.2) is 0 Å². The van der Waals surface area contributed by atoms with Crippen LogP contribution in [-0.4, -0.2) is 31.2 Å². The van der Waals surface area contributed by atoms with Crippen LogP contribution >= 0.6 is 0 Å². The van der Waals surface area contributed by atoms with Crippen molar-refractivity contribution in [3.63, 3.8) is 0 Å². The minimum Gasteiger partial charge on any atom is -0.468 e. The van der Waals surface area contributed by atoms with Crippen molar-refractivity contribution in [2.24, 2.45) is 11.3 Å². The first-order valence-corrected chi connectivity index (χ1v) is 11.3. The Hall–Kier alpha value is -3.48. The van der Waals surface area contributed by atoms with Crippen molar-refractivity contribution >= 4 is 11.9 Å². The van der Waals surface area contributed by atoms with Crippen molar-refractivity contribution in [1.29, 1.82) is 0 Å². The van der Waals surface area contributed by atoms with E-state index in [-0.39, 0.29) is 0 Å². The van der Waals surface area contributed by atoms with E-state index in [1.165, 1.54) is 14.2 Å². The van der Waals surface area contributed by atoms with Crippen LogP contribution in [0.1, 0.15) is 35.8 Å². The van der Waals surface area contributed by atoms with Crippen LogP contribution in [0.5, 0.6) is 0 Å². The topological polar surface area (TPSA) is 65.1 Å². The summed E-state index contributed by atoms with van der Waals surface area (Å²) < 4.78 is 10.6. The lowest BCUT2D eigenvalue weighted by Gasteiger charge is -2.52. The number of benzene rings is 3. The first-order chi connectivity index (χ1) is 16.5. The molecule has 1 heterocycles. The average molecular weight is 460 g/mol. The number of hydrogen-bond donors (Lipinski definition) is 0. The molecule has 3 atom stereocenters. The van der Waals surface area contributed by atoms with Crippen LogP contribution < -0.4 is 0 Å². The normalized spacial score (nSPS) is 22.0. The Balaban J connectivity index is 1.95. The fourth-order valence-electron chi connectivity index (χ4n) is 4.98. The first kappa shape index (κ1) is 23.7. The van der Waals surface area contributed by atoms with Crippen molar-refractivity contribution in [2.75, 3.05) is 14.2 Å². The lowest BCUT2D eigenvalue weighted by Crippen LogP contribution is -2.60. The fraction of sp³-hybridized carbons (Fsp3) is 0.286. The van der Waals surface area contributed by atoms with Crippen molar-refractivity contribution < 1.29 is 23.9 Å². The minimum absolute atomic E-state index is 0.353. The van der Waals surface area contributed by atoms with Gasteiger partial charge in [-0.05, 0) is 16.7 Å². The molecular weight excluding hydrogens is 430 g/mol. The average Bonchev–Trinajstić information content (AvgIpc) is 2.90. The molecule has 176 valence electrons. The first-order valence-electron chi connectivity index (χ1n) is 11.3. The van der Waals surface area contributed by atoms with E-state index in [2.05, 4.69) is 0 Å².